The number of piperidine rings is 2. The van der Waals surface area contributed by atoms with Crippen LogP contribution in [0.5, 0.6) is 0 Å². The van der Waals surface area contributed by atoms with Crippen LogP contribution in [0.2, 0.25) is 0 Å². The highest BCUT2D eigenvalue weighted by molar-refractivity contribution is 8.04. The quantitative estimate of drug-likeness (QED) is 0.458. The molecule has 3 aliphatic rings. The molecule has 3 fully saturated rings. The Kier molecular flexibility index (Phi) is 6.32. The lowest BCUT2D eigenvalue weighted by Crippen LogP contribution is -2.65. The SMILES string of the molecule is CCCCCC[C@H]1CC[C@@H]2CCCC[C@]23CC[C@H](SC#N)CN13. The Morgan fingerprint density at radius 3 is 2.83 bits per heavy atom. The number of unbranched alkanes of at least 4 members (excludes halogenated alkanes) is 3. The van der Waals surface area contributed by atoms with Gasteiger partial charge in [-0.2, -0.15) is 5.26 Å². The molecule has 4 atom stereocenters. The predicted molar refractivity (Wildman–Crippen MR) is 99.4 cm³/mol. The van der Waals surface area contributed by atoms with Gasteiger partial charge in [0, 0.05) is 23.4 Å². The van der Waals surface area contributed by atoms with Crippen molar-refractivity contribution in [3.05, 3.63) is 0 Å². The summed E-state index contributed by atoms with van der Waals surface area (Å²) in [6.07, 6.45) is 18.3. The fraction of sp³-hybridized carbons (Fsp3) is 0.950. The third-order valence-corrected chi connectivity index (χ3v) is 7.77. The fourth-order valence-electron chi connectivity index (χ4n) is 5.80. The molecule has 23 heavy (non-hydrogen) atoms. The molecule has 3 heteroatoms. The van der Waals surface area contributed by atoms with Crippen molar-refractivity contribution in [1.82, 2.24) is 4.90 Å². The van der Waals surface area contributed by atoms with Crippen LogP contribution in [-0.4, -0.2) is 28.3 Å². The summed E-state index contributed by atoms with van der Waals surface area (Å²) in [5.74, 6) is 0.955. The Morgan fingerprint density at radius 2 is 2.00 bits per heavy atom. The summed E-state index contributed by atoms with van der Waals surface area (Å²) in [7, 11) is 0. The number of thioether (sulfide) groups is 1. The zero-order chi connectivity index (χ0) is 16.1. The number of thiocyanates is 1. The number of hydrogen-bond acceptors (Lipinski definition) is 3. The average Bonchev–Trinajstić information content (AvgIpc) is 2.58. The molecule has 0 aromatic heterocycles. The third kappa shape index (κ3) is 3.74. The highest BCUT2D eigenvalue weighted by Crippen LogP contribution is 2.52. The molecule has 1 saturated carbocycles. The second-order valence-corrected chi connectivity index (χ2v) is 9.23. The lowest BCUT2D eigenvalue weighted by Gasteiger charge is -2.61. The van der Waals surface area contributed by atoms with Crippen molar-refractivity contribution in [2.75, 3.05) is 6.54 Å². The first kappa shape index (κ1) is 17.6. The summed E-state index contributed by atoms with van der Waals surface area (Å²) < 4.78 is 0. The van der Waals surface area contributed by atoms with E-state index >= 15 is 0 Å². The fourth-order valence-corrected chi connectivity index (χ4v) is 6.42. The molecule has 3 rings (SSSR count). The van der Waals surface area contributed by atoms with E-state index < -0.39 is 0 Å². The smallest absolute Gasteiger partial charge is 0.133 e. The molecule has 2 heterocycles. The molecule has 0 aromatic carbocycles. The first-order valence-corrected chi connectivity index (χ1v) is 11.0. The number of hydrogen-bond donors (Lipinski definition) is 0. The van der Waals surface area contributed by atoms with E-state index in [4.69, 9.17) is 5.26 Å². The Morgan fingerprint density at radius 1 is 1.09 bits per heavy atom. The van der Waals surface area contributed by atoms with Crippen LogP contribution in [0.25, 0.3) is 0 Å². The van der Waals surface area contributed by atoms with Gasteiger partial charge < -0.3 is 0 Å². The third-order valence-electron chi connectivity index (χ3n) is 6.94. The van der Waals surface area contributed by atoms with Gasteiger partial charge in [0.15, 0.2) is 0 Å². The van der Waals surface area contributed by atoms with Crippen LogP contribution in [0, 0.1) is 16.6 Å². The van der Waals surface area contributed by atoms with Crippen LogP contribution >= 0.6 is 11.8 Å². The Bertz CT molecular complexity index is 418. The minimum Gasteiger partial charge on any atom is -0.293 e. The van der Waals surface area contributed by atoms with Crippen LogP contribution in [-0.2, 0) is 0 Å². The lowest BCUT2D eigenvalue weighted by molar-refractivity contribution is -0.0926. The van der Waals surface area contributed by atoms with E-state index in [1.165, 1.54) is 90.0 Å². The van der Waals surface area contributed by atoms with Gasteiger partial charge in [0.25, 0.3) is 0 Å². The molecule has 0 radical (unpaired) electrons. The first-order valence-electron chi connectivity index (χ1n) is 10.1. The van der Waals surface area contributed by atoms with Gasteiger partial charge in [0.2, 0.25) is 0 Å². The number of nitriles is 1. The molecule has 0 bridgehead atoms. The minimum absolute atomic E-state index is 0.526. The second kappa shape index (κ2) is 8.26. The van der Waals surface area contributed by atoms with E-state index in [9.17, 15) is 0 Å². The van der Waals surface area contributed by atoms with E-state index in [2.05, 4.69) is 17.2 Å². The van der Waals surface area contributed by atoms with E-state index in [0.717, 1.165) is 12.0 Å². The molecule has 1 spiro atoms. The first-order chi connectivity index (χ1) is 11.3. The van der Waals surface area contributed by atoms with Crippen molar-refractivity contribution in [2.45, 2.75) is 107 Å². The van der Waals surface area contributed by atoms with Gasteiger partial charge in [-0.25, -0.2) is 0 Å². The minimum atomic E-state index is 0.526. The van der Waals surface area contributed by atoms with Gasteiger partial charge in [-0.05, 0) is 62.6 Å². The molecule has 0 N–H and O–H groups in total. The largest absolute Gasteiger partial charge is 0.293 e. The zero-order valence-corrected chi connectivity index (χ0v) is 15.8. The Balaban J connectivity index is 1.70. The van der Waals surface area contributed by atoms with Crippen molar-refractivity contribution in [2.24, 2.45) is 5.92 Å². The summed E-state index contributed by atoms with van der Waals surface area (Å²) in [6, 6.07) is 0.809. The number of rotatable bonds is 6. The van der Waals surface area contributed by atoms with Crippen LogP contribution in [0.4, 0.5) is 0 Å². The molecule has 1 aliphatic carbocycles. The van der Waals surface area contributed by atoms with E-state index in [-0.39, 0.29) is 0 Å². The molecular weight excluding hydrogens is 300 g/mol. The van der Waals surface area contributed by atoms with Gasteiger partial charge in [0.05, 0.1) is 0 Å². The summed E-state index contributed by atoms with van der Waals surface area (Å²) in [5, 5.41) is 12.0. The lowest BCUT2D eigenvalue weighted by atomic mass is 9.62. The average molecular weight is 335 g/mol. The van der Waals surface area contributed by atoms with Crippen molar-refractivity contribution in [3.8, 4) is 5.40 Å². The topological polar surface area (TPSA) is 27.0 Å². The van der Waals surface area contributed by atoms with Gasteiger partial charge in [-0.15, -0.1) is 0 Å². The summed E-state index contributed by atoms with van der Waals surface area (Å²) >= 11 is 1.54. The van der Waals surface area contributed by atoms with Crippen molar-refractivity contribution in [1.29, 1.82) is 5.26 Å². The highest BCUT2D eigenvalue weighted by Gasteiger charge is 2.52. The van der Waals surface area contributed by atoms with Crippen molar-refractivity contribution in [3.63, 3.8) is 0 Å². The maximum absolute atomic E-state index is 9.11. The van der Waals surface area contributed by atoms with Crippen molar-refractivity contribution >= 4 is 11.8 Å². The molecule has 130 valence electrons. The predicted octanol–water partition coefficient (Wildman–Crippen LogP) is 5.73. The molecule has 2 nitrogen and oxygen atoms in total. The number of nitrogens with zero attached hydrogens (tertiary/aromatic N) is 2. The summed E-state index contributed by atoms with van der Waals surface area (Å²) in [5.41, 5.74) is 0.526. The molecular formula is C20H34N2S. The second-order valence-electron chi connectivity index (χ2n) is 8.15. The Labute approximate surface area is 147 Å². The van der Waals surface area contributed by atoms with E-state index in [0.29, 0.717) is 10.8 Å². The van der Waals surface area contributed by atoms with E-state index in [1.807, 2.05) is 0 Å². The molecule has 2 aliphatic heterocycles. The maximum atomic E-state index is 9.11. The maximum Gasteiger partial charge on any atom is 0.133 e. The highest BCUT2D eigenvalue weighted by atomic mass is 32.2. The van der Waals surface area contributed by atoms with Crippen LogP contribution < -0.4 is 0 Å². The standard InChI is InChI=1S/C20H34N2S/c1-2-3-4-5-9-18-11-10-17-8-6-7-13-20(17)14-12-19(23-16-21)15-22(18)20/h17-19H,2-15H2,1H3/t17-,18-,19-,20-/m0/s1. The summed E-state index contributed by atoms with van der Waals surface area (Å²) in [4.78, 5) is 2.95. The zero-order valence-electron chi connectivity index (χ0n) is 14.9. The van der Waals surface area contributed by atoms with Gasteiger partial charge in [0.1, 0.15) is 5.40 Å². The van der Waals surface area contributed by atoms with Crippen LogP contribution in [0.3, 0.4) is 0 Å². The normalized spacial score (nSPS) is 37.7. The summed E-state index contributed by atoms with van der Waals surface area (Å²) in [6.45, 7) is 3.49. The van der Waals surface area contributed by atoms with Gasteiger partial charge in [-0.1, -0.05) is 45.4 Å². The van der Waals surface area contributed by atoms with Gasteiger partial charge in [-0.3, -0.25) is 4.90 Å². The van der Waals surface area contributed by atoms with E-state index in [1.54, 1.807) is 11.8 Å². The molecule has 2 saturated heterocycles. The molecule has 0 amide bonds. The molecule has 0 unspecified atom stereocenters. The molecule has 0 aromatic rings. The van der Waals surface area contributed by atoms with Crippen LogP contribution in [0.15, 0.2) is 0 Å². The van der Waals surface area contributed by atoms with Crippen LogP contribution in [0.1, 0.15) is 90.4 Å². The monoisotopic (exact) mass is 334 g/mol. The van der Waals surface area contributed by atoms with Crippen molar-refractivity contribution < 1.29 is 0 Å². The Hall–Kier alpha value is -0.200. The van der Waals surface area contributed by atoms with Gasteiger partial charge >= 0.3 is 0 Å².